The van der Waals surface area contributed by atoms with Crippen LogP contribution >= 0.6 is 15.9 Å². The van der Waals surface area contributed by atoms with Crippen molar-refractivity contribution in [3.8, 4) is 0 Å². The number of halogens is 1. The fourth-order valence-corrected chi connectivity index (χ4v) is 1.74. The van der Waals surface area contributed by atoms with Crippen LogP contribution in [0.25, 0.3) is 0 Å². The Morgan fingerprint density at radius 3 is 2.62 bits per heavy atom. The first-order valence-corrected chi connectivity index (χ1v) is 5.73. The molecule has 3 nitrogen and oxygen atoms in total. The van der Waals surface area contributed by atoms with Crippen LogP contribution in [0.2, 0.25) is 0 Å². The van der Waals surface area contributed by atoms with E-state index in [1.54, 1.807) is 13.0 Å². The third-order valence-electron chi connectivity index (χ3n) is 1.95. The molecule has 1 aromatic carbocycles. The minimum atomic E-state index is 0.0251. The molecule has 0 atom stereocenters. The van der Waals surface area contributed by atoms with Gasteiger partial charge in [0.05, 0.1) is 5.71 Å². The highest BCUT2D eigenvalue weighted by Gasteiger charge is 2.10. The van der Waals surface area contributed by atoms with Gasteiger partial charge in [0.25, 0.3) is 0 Å². The number of carbonyl (C=O) groups is 1. The van der Waals surface area contributed by atoms with Gasteiger partial charge in [0.2, 0.25) is 0 Å². The van der Waals surface area contributed by atoms with E-state index in [9.17, 15) is 4.79 Å². The van der Waals surface area contributed by atoms with Crippen LogP contribution < -0.4 is 0 Å². The van der Waals surface area contributed by atoms with Crippen molar-refractivity contribution in [2.24, 2.45) is 5.16 Å². The molecule has 0 unspecified atom stereocenters. The monoisotopic (exact) mass is 283 g/mol. The van der Waals surface area contributed by atoms with Crippen LogP contribution in [0.5, 0.6) is 0 Å². The van der Waals surface area contributed by atoms with Crippen molar-refractivity contribution in [1.29, 1.82) is 0 Å². The third-order valence-corrected chi connectivity index (χ3v) is 2.70. The molecule has 0 aliphatic rings. The first-order valence-electron chi connectivity index (χ1n) is 4.94. The Kier molecular flexibility index (Phi) is 4.68. The minimum absolute atomic E-state index is 0.0251. The largest absolute Gasteiger partial charge is 0.391 e. The van der Waals surface area contributed by atoms with Gasteiger partial charge in [-0.3, -0.25) is 4.79 Å². The zero-order valence-electron chi connectivity index (χ0n) is 9.58. The predicted molar refractivity (Wildman–Crippen MR) is 67.7 cm³/mol. The predicted octanol–water partition coefficient (Wildman–Crippen LogP) is 3.56. The summed E-state index contributed by atoms with van der Waals surface area (Å²) in [5, 5.41) is 3.85. The molecule has 16 heavy (non-hydrogen) atoms. The van der Waals surface area contributed by atoms with E-state index in [1.807, 2.05) is 26.0 Å². The molecule has 0 fully saturated rings. The van der Waals surface area contributed by atoms with Gasteiger partial charge in [0, 0.05) is 15.6 Å². The number of hydrogen-bond donors (Lipinski definition) is 0. The second-order valence-corrected chi connectivity index (χ2v) is 4.49. The highest BCUT2D eigenvalue weighted by molar-refractivity contribution is 9.10. The number of rotatable bonds is 4. The molecular weight excluding hydrogens is 270 g/mol. The van der Waals surface area contributed by atoms with Crippen LogP contribution in [0.15, 0.2) is 27.8 Å². The highest BCUT2D eigenvalue weighted by atomic mass is 79.9. The van der Waals surface area contributed by atoms with E-state index >= 15 is 0 Å². The molecule has 1 aromatic rings. The molecule has 0 heterocycles. The smallest absolute Gasteiger partial charge is 0.160 e. The van der Waals surface area contributed by atoms with Crippen molar-refractivity contribution in [3.63, 3.8) is 0 Å². The summed E-state index contributed by atoms with van der Waals surface area (Å²) < 4.78 is 0.865. The number of benzene rings is 1. The van der Waals surface area contributed by atoms with Crippen molar-refractivity contribution in [2.45, 2.75) is 27.4 Å². The van der Waals surface area contributed by atoms with Crippen LogP contribution in [0.4, 0.5) is 0 Å². The standard InChI is InChI=1S/C12H14BrNO2/c1-8(2)14-16-7-11-10(9(3)15)5-4-6-12(11)13/h4-6H,7H2,1-3H3. The van der Waals surface area contributed by atoms with Gasteiger partial charge >= 0.3 is 0 Å². The van der Waals surface area contributed by atoms with Crippen molar-refractivity contribution < 1.29 is 9.63 Å². The Morgan fingerprint density at radius 1 is 1.38 bits per heavy atom. The van der Waals surface area contributed by atoms with E-state index in [1.165, 1.54) is 0 Å². The lowest BCUT2D eigenvalue weighted by Gasteiger charge is -2.08. The fourth-order valence-electron chi connectivity index (χ4n) is 1.26. The van der Waals surface area contributed by atoms with Crippen LogP contribution in [-0.2, 0) is 11.4 Å². The Bertz CT molecular complexity index is 423. The van der Waals surface area contributed by atoms with E-state index < -0.39 is 0 Å². The van der Waals surface area contributed by atoms with E-state index in [2.05, 4.69) is 21.1 Å². The molecule has 0 saturated heterocycles. The Hall–Kier alpha value is -1.16. The minimum Gasteiger partial charge on any atom is -0.391 e. The van der Waals surface area contributed by atoms with E-state index in [0.29, 0.717) is 12.2 Å². The molecule has 0 aromatic heterocycles. The highest BCUT2D eigenvalue weighted by Crippen LogP contribution is 2.22. The molecule has 0 saturated carbocycles. The van der Waals surface area contributed by atoms with Crippen LogP contribution in [0.3, 0.4) is 0 Å². The number of ketones is 1. The van der Waals surface area contributed by atoms with Crippen LogP contribution in [0, 0.1) is 0 Å². The molecule has 0 bridgehead atoms. The van der Waals surface area contributed by atoms with E-state index in [-0.39, 0.29) is 5.78 Å². The van der Waals surface area contributed by atoms with Gasteiger partial charge in [-0.1, -0.05) is 33.2 Å². The van der Waals surface area contributed by atoms with Gasteiger partial charge < -0.3 is 4.84 Å². The van der Waals surface area contributed by atoms with E-state index in [0.717, 1.165) is 15.7 Å². The Morgan fingerprint density at radius 2 is 2.06 bits per heavy atom. The zero-order chi connectivity index (χ0) is 12.1. The third kappa shape index (κ3) is 3.45. The molecule has 1 rings (SSSR count). The lowest BCUT2D eigenvalue weighted by Crippen LogP contribution is -2.02. The lowest BCUT2D eigenvalue weighted by molar-refractivity contribution is 0.100. The Balaban J connectivity index is 2.93. The van der Waals surface area contributed by atoms with Crippen LogP contribution in [0.1, 0.15) is 36.7 Å². The molecule has 0 radical (unpaired) electrons. The summed E-state index contributed by atoms with van der Waals surface area (Å²) in [5.74, 6) is 0.0251. The summed E-state index contributed by atoms with van der Waals surface area (Å²) in [6.45, 7) is 5.54. The zero-order valence-corrected chi connectivity index (χ0v) is 11.2. The number of Topliss-reactive ketones (excluding diaryl/α,β-unsaturated/α-hetero) is 1. The summed E-state index contributed by atoms with van der Waals surface area (Å²) >= 11 is 3.40. The fraction of sp³-hybridized carbons (Fsp3) is 0.333. The maximum atomic E-state index is 11.4. The lowest BCUT2D eigenvalue weighted by atomic mass is 10.1. The average molecular weight is 284 g/mol. The molecule has 0 aliphatic heterocycles. The van der Waals surface area contributed by atoms with Gasteiger partial charge in [0.1, 0.15) is 6.61 Å². The number of hydrogen-bond acceptors (Lipinski definition) is 3. The normalized spacial score (nSPS) is 9.75. The molecule has 0 spiro atoms. The molecule has 86 valence electrons. The molecule has 0 amide bonds. The van der Waals surface area contributed by atoms with Crippen molar-refractivity contribution >= 4 is 27.4 Å². The molecule has 4 heteroatoms. The summed E-state index contributed by atoms with van der Waals surface area (Å²) in [7, 11) is 0. The van der Waals surface area contributed by atoms with Crippen molar-refractivity contribution in [1.82, 2.24) is 0 Å². The average Bonchev–Trinajstić information content (AvgIpc) is 2.19. The summed E-state index contributed by atoms with van der Waals surface area (Å²) in [5.41, 5.74) is 2.34. The second kappa shape index (κ2) is 5.80. The maximum Gasteiger partial charge on any atom is 0.160 e. The first kappa shape index (κ1) is 12.9. The van der Waals surface area contributed by atoms with Gasteiger partial charge in [0.15, 0.2) is 5.78 Å². The maximum absolute atomic E-state index is 11.4. The first-order chi connectivity index (χ1) is 7.52. The topological polar surface area (TPSA) is 38.7 Å². The molecule has 0 aliphatic carbocycles. The second-order valence-electron chi connectivity index (χ2n) is 3.63. The van der Waals surface area contributed by atoms with Gasteiger partial charge in [-0.25, -0.2) is 0 Å². The van der Waals surface area contributed by atoms with E-state index in [4.69, 9.17) is 4.84 Å². The van der Waals surface area contributed by atoms with Crippen LogP contribution in [-0.4, -0.2) is 11.5 Å². The van der Waals surface area contributed by atoms with Gasteiger partial charge in [-0.2, -0.15) is 0 Å². The quantitative estimate of drug-likeness (QED) is 0.481. The van der Waals surface area contributed by atoms with Crippen molar-refractivity contribution in [3.05, 3.63) is 33.8 Å². The van der Waals surface area contributed by atoms with Crippen molar-refractivity contribution in [2.75, 3.05) is 0 Å². The van der Waals surface area contributed by atoms with Gasteiger partial charge in [-0.15, -0.1) is 0 Å². The number of carbonyl (C=O) groups excluding carboxylic acids is 1. The number of nitrogens with zero attached hydrogens (tertiary/aromatic N) is 1. The molecule has 0 N–H and O–H groups in total. The molecular formula is C12H14BrNO2. The SMILES string of the molecule is CC(=O)c1cccc(Br)c1CON=C(C)C. The van der Waals surface area contributed by atoms with Gasteiger partial charge in [-0.05, 0) is 26.8 Å². The number of oxime groups is 1. The Labute approximate surface area is 104 Å². The summed E-state index contributed by atoms with van der Waals surface area (Å²) in [4.78, 5) is 16.6. The summed E-state index contributed by atoms with van der Waals surface area (Å²) in [6, 6.07) is 5.50. The summed E-state index contributed by atoms with van der Waals surface area (Å²) in [6.07, 6.45) is 0.